The SMILES string of the molecule is CCCNCc1nnc(Oc2ccccc2OCC)s1. The highest BCUT2D eigenvalue weighted by Crippen LogP contribution is 2.32. The van der Waals surface area contributed by atoms with Gasteiger partial charge in [0.1, 0.15) is 5.01 Å². The second-order valence-corrected chi connectivity index (χ2v) is 5.14. The molecule has 0 bridgehead atoms. The van der Waals surface area contributed by atoms with Gasteiger partial charge in [-0.15, -0.1) is 5.10 Å². The van der Waals surface area contributed by atoms with Crippen LogP contribution in [0.3, 0.4) is 0 Å². The maximum atomic E-state index is 5.74. The Morgan fingerprint density at radius 1 is 1.15 bits per heavy atom. The van der Waals surface area contributed by atoms with E-state index in [2.05, 4.69) is 22.4 Å². The molecule has 20 heavy (non-hydrogen) atoms. The van der Waals surface area contributed by atoms with Gasteiger partial charge in [0, 0.05) is 6.54 Å². The lowest BCUT2D eigenvalue weighted by molar-refractivity contribution is 0.320. The number of hydrogen-bond acceptors (Lipinski definition) is 6. The van der Waals surface area contributed by atoms with Crippen LogP contribution in [0.4, 0.5) is 0 Å². The Kier molecular flexibility index (Phi) is 5.76. The first-order valence-corrected chi connectivity index (χ1v) is 7.58. The van der Waals surface area contributed by atoms with E-state index in [1.165, 1.54) is 11.3 Å². The second kappa shape index (κ2) is 7.81. The zero-order valence-electron chi connectivity index (χ0n) is 11.8. The summed E-state index contributed by atoms with van der Waals surface area (Å²) in [7, 11) is 0. The molecule has 1 aromatic carbocycles. The normalized spacial score (nSPS) is 10.5. The van der Waals surface area contributed by atoms with Crippen molar-refractivity contribution in [2.45, 2.75) is 26.8 Å². The van der Waals surface area contributed by atoms with Crippen LogP contribution in [0.1, 0.15) is 25.3 Å². The van der Waals surface area contributed by atoms with Crippen LogP contribution in [0, 0.1) is 0 Å². The molecule has 0 aliphatic heterocycles. The quantitative estimate of drug-likeness (QED) is 0.757. The van der Waals surface area contributed by atoms with Crippen molar-refractivity contribution in [1.29, 1.82) is 0 Å². The molecule has 0 unspecified atom stereocenters. The Bertz CT molecular complexity index is 531. The predicted molar refractivity (Wildman–Crippen MR) is 79.6 cm³/mol. The first-order chi connectivity index (χ1) is 9.83. The van der Waals surface area contributed by atoms with Crippen molar-refractivity contribution < 1.29 is 9.47 Å². The molecular weight excluding hydrogens is 274 g/mol. The topological polar surface area (TPSA) is 56.3 Å². The minimum Gasteiger partial charge on any atom is -0.490 e. The van der Waals surface area contributed by atoms with Crippen LogP contribution in [-0.2, 0) is 6.54 Å². The van der Waals surface area contributed by atoms with E-state index >= 15 is 0 Å². The Balaban J connectivity index is 1.99. The van der Waals surface area contributed by atoms with Crippen molar-refractivity contribution >= 4 is 11.3 Å². The lowest BCUT2D eigenvalue weighted by Crippen LogP contribution is -2.13. The number of rotatable bonds is 8. The monoisotopic (exact) mass is 293 g/mol. The van der Waals surface area contributed by atoms with Crippen LogP contribution >= 0.6 is 11.3 Å². The van der Waals surface area contributed by atoms with E-state index in [-0.39, 0.29) is 0 Å². The van der Waals surface area contributed by atoms with E-state index in [1.54, 1.807) is 0 Å². The van der Waals surface area contributed by atoms with E-state index in [0.717, 1.165) is 30.3 Å². The molecule has 0 atom stereocenters. The van der Waals surface area contributed by atoms with Gasteiger partial charge in [0.2, 0.25) is 0 Å². The molecule has 108 valence electrons. The van der Waals surface area contributed by atoms with Crippen LogP contribution in [0.15, 0.2) is 24.3 Å². The summed E-state index contributed by atoms with van der Waals surface area (Å²) < 4.78 is 11.3. The third-order valence-electron chi connectivity index (χ3n) is 2.50. The number of benzene rings is 1. The molecule has 0 radical (unpaired) electrons. The molecule has 0 saturated heterocycles. The van der Waals surface area contributed by atoms with Gasteiger partial charge >= 0.3 is 0 Å². The zero-order valence-corrected chi connectivity index (χ0v) is 12.6. The van der Waals surface area contributed by atoms with Crippen LogP contribution in [0.25, 0.3) is 0 Å². The minimum atomic E-state index is 0.533. The summed E-state index contributed by atoms with van der Waals surface area (Å²) in [6, 6.07) is 7.56. The van der Waals surface area contributed by atoms with Gasteiger partial charge in [0.15, 0.2) is 11.5 Å². The molecule has 1 aromatic heterocycles. The van der Waals surface area contributed by atoms with Crippen LogP contribution in [0.2, 0.25) is 0 Å². The summed E-state index contributed by atoms with van der Waals surface area (Å²) in [6.07, 6.45) is 1.10. The average Bonchev–Trinajstić information content (AvgIpc) is 2.89. The fourth-order valence-electron chi connectivity index (χ4n) is 1.63. The molecule has 0 fully saturated rings. The third kappa shape index (κ3) is 4.18. The highest BCUT2D eigenvalue weighted by atomic mass is 32.1. The number of nitrogens with zero attached hydrogens (tertiary/aromatic N) is 2. The van der Waals surface area contributed by atoms with Crippen molar-refractivity contribution in [3.05, 3.63) is 29.3 Å². The first kappa shape index (κ1) is 14.7. The fourth-order valence-corrected chi connectivity index (χ4v) is 2.30. The Morgan fingerprint density at radius 3 is 2.70 bits per heavy atom. The maximum absolute atomic E-state index is 5.74. The predicted octanol–water partition coefficient (Wildman–Crippen LogP) is 3.23. The average molecular weight is 293 g/mol. The van der Waals surface area contributed by atoms with Gasteiger partial charge in [-0.1, -0.05) is 35.5 Å². The highest BCUT2D eigenvalue weighted by molar-refractivity contribution is 7.13. The van der Waals surface area contributed by atoms with Crippen LogP contribution < -0.4 is 14.8 Å². The standard InChI is InChI=1S/C14H19N3O2S/c1-3-9-15-10-13-16-17-14(20-13)19-12-8-6-5-7-11(12)18-4-2/h5-8,15H,3-4,9-10H2,1-2H3. The number of para-hydroxylation sites is 2. The molecule has 1 N–H and O–H groups in total. The summed E-state index contributed by atoms with van der Waals surface area (Å²) in [5.41, 5.74) is 0. The van der Waals surface area contributed by atoms with E-state index in [1.807, 2.05) is 31.2 Å². The fraction of sp³-hybridized carbons (Fsp3) is 0.429. The summed E-state index contributed by atoms with van der Waals surface area (Å²) in [6.45, 7) is 6.37. The van der Waals surface area contributed by atoms with Gasteiger partial charge in [-0.25, -0.2) is 0 Å². The smallest absolute Gasteiger partial charge is 0.299 e. The molecule has 0 spiro atoms. The van der Waals surface area contributed by atoms with Crippen molar-refractivity contribution in [3.63, 3.8) is 0 Å². The van der Waals surface area contributed by atoms with Gasteiger partial charge in [0.05, 0.1) is 6.61 Å². The molecule has 1 heterocycles. The van der Waals surface area contributed by atoms with Crippen molar-refractivity contribution in [2.24, 2.45) is 0 Å². The number of nitrogens with one attached hydrogen (secondary N) is 1. The first-order valence-electron chi connectivity index (χ1n) is 6.76. The Labute approximate surface area is 123 Å². The van der Waals surface area contributed by atoms with E-state index in [9.17, 15) is 0 Å². The summed E-state index contributed by atoms with van der Waals surface area (Å²) in [5, 5.41) is 12.9. The van der Waals surface area contributed by atoms with Crippen LogP contribution in [-0.4, -0.2) is 23.3 Å². The molecule has 2 aromatic rings. The van der Waals surface area contributed by atoms with Crippen molar-refractivity contribution in [2.75, 3.05) is 13.2 Å². The van der Waals surface area contributed by atoms with Crippen molar-refractivity contribution in [3.8, 4) is 16.7 Å². The molecule has 2 rings (SSSR count). The van der Waals surface area contributed by atoms with Gasteiger partial charge in [-0.2, -0.15) is 0 Å². The lowest BCUT2D eigenvalue weighted by Gasteiger charge is -2.08. The molecule has 6 heteroatoms. The number of hydrogen-bond donors (Lipinski definition) is 1. The largest absolute Gasteiger partial charge is 0.490 e. The molecule has 0 aliphatic rings. The second-order valence-electron chi connectivity index (χ2n) is 4.12. The van der Waals surface area contributed by atoms with E-state index in [0.29, 0.717) is 17.6 Å². The van der Waals surface area contributed by atoms with Gasteiger partial charge in [-0.3, -0.25) is 0 Å². The zero-order chi connectivity index (χ0) is 14.2. The number of aromatic nitrogens is 2. The lowest BCUT2D eigenvalue weighted by atomic mass is 10.3. The molecule has 5 nitrogen and oxygen atoms in total. The maximum Gasteiger partial charge on any atom is 0.299 e. The molecule has 0 saturated carbocycles. The summed E-state index contributed by atoms with van der Waals surface area (Å²) in [5.74, 6) is 1.38. The Hall–Kier alpha value is -1.66. The summed E-state index contributed by atoms with van der Waals surface area (Å²) >= 11 is 1.44. The molecule has 0 aliphatic carbocycles. The molecular formula is C14H19N3O2S. The van der Waals surface area contributed by atoms with Gasteiger partial charge in [-0.05, 0) is 32.0 Å². The van der Waals surface area contributed by atoms with E-state index < -0.39 is 0 Å². The van der Waals surface area contributed by atoms with E-state index in [4.69, 9.17) is 9.47 Å². The van der Waals surface area contributed by atoms with Crippen LogP contribution in [0.5, 0.6) is 16.7 Å². The Morgan fingerprint density at radius 2 is 1.95 bits per heavy atom. The van der Waals surface area contributed by atoms with Gasteiger partial charge in [0.25, 0.3) is 5.19 Å². The summed E-state index contributed by atoms with van der Waals surface area (Å²) in [4.78, 5) is 0. The van der Waals surface area contributed by atoms with Crippen molar-refractivity contribution in [1.82, 2.24) is 15.5 Å². The molecule has 0 amide bonds. The highest BCUT2D eigenvalue weighted by Gasteiger charge is 2.09. The number of ether oxygens (including phenoxy) is 2. The third-order valence-corrected chi connectivity index (χ3v) is 3.30. The minimum absolute atomic E-state index is 0.533. The van der Waals surface area contributed by atoms with Gasteiger partial charge < -0.3 is 14.8 Å².